The molecule has 2 aromatic rings. The van der Waals surface area contributed by atoms with Crippen LogP contribution in [0.15, 0.2) is 22.8 Å². The van der Waals surface area contributed by atoms with Gasteiger partial charge in [-0.2, -0.15) is 0 Å². The molecule has 1 fully saturated rings. The summed E-state index contributed by atoms with van der Waals surface area (Å²) < 4.78 is 1.05. The lowest BCUT2D eigenvalue weighted by molar-refractivity contribution is 0.116. The summed E-state index contributed by atoms with van der Waals surface area (Å²) in [7, 11) is 0. The van der Waals surface area contributed by atoms with E-state index in [2.05, 4.69) is 44.2 Å². The van der Waals surface area contributed by atoms with Crippen molar-refractivity contribution in [1.82, 2.24) is 9.97 Å². The Balaban J connectivity index is 1.91. The van der Waals surface area contributed by atoms with Gasteiger partial charge in [0.05, 0.1) is 17.7 Å². The second-order valence-electron chi connectivity index (χ2n) is 5.65. The normalized spacial score (nSPS) is 22.4. The monoisotopic (exact) mass is 349 g/mol. The summed E-state index contributed by atoms with van der Waals surface area (Å²) in [5.74, 6) is 0.616. The lowest BCUT2D eigenvalue weighted by Crippen LogP contribution is -2.36. The maximum absolute atomic E-state index is 10.1. The van der Waals surface area contributed by atoms with Gasteiger partial charge in [-0.15, -0.1) is 0 Å². The van der Waals surface area contributed by atoms with Gasteiger partial charge < -0.3 is 10.4 Å². The van der Waals surface area contributed by atoms with Gasteiger partial charge in [-0.3, -0.25) is 0 Å². The number of aromatic nitrogens is 2. The molecule has 1 saturated carbocycles. The number of aryl methyl sites for hydroxylation is 1. The minimum atomic E-state index is -0.298. The summed E-state index contributed by atoms with van der Waals surface area (Å²) in [6.07, 6.45) is 6.57. The van der Waals surface area contributed by atoms with Gasteiger partial charge >= 0.3 is 0 Å². The molecule has 0 unspecified atom stereocenters. The molecule has 1 aromatic heterocycles. The summed E-state index contributed by atoms with van der Waals surface area (Å²) in [6.45, 7) is 2.13. The van der Waals surface area contributed by atoms with Crippen molar-refractivity contribution < 1.29 is 5.11 Å². The van der Waals surface area contributed by atoms with E-state index in [1.54, 1.807) is 0 Å². The molecule has 112 valence electrons. The lowest BCUT2D eigenvalue weighted by Gasteiger charge is -2.28. The number of rotatable bonds is 3. The Morgan fingerprint density at radius 1 is 1.33 bits per heavy atom. The van der Waals surface area contributed by atoms with Crippen LogP contribution in [0.25, 0.3) is 10.9 Å². The zero-order valence-electron chi connectivity index (χ0n) is 12.1. The third kappa shape index (κ3) is 3.19. The molecule has 1 aromatic carbocycles. The molecule has 2 N–H and O–H groups in total. The Labute approximate surface area is 133 Å². The van der Waals surface area contributed by atoms with E-state index < -0.39 is 0 Å². The van der Waals surface area contributed by atoms with Gasteiger partial charge in [-0.1, -0.05) is 35.7 Å². The quantitative estimate of drug-likeness (QED) is 0.887. The molecule has 1 aliphatic carbocycles. The zero-order chi connectivity index (χ0) is 14.8. The molecular weight excluding hydrogens is 330 g/mol. The number of fused-ring (bicyclic) bond motifs is 1. The molecule has 0 bridgehead atoms. The van der Waals surface area contributed by atoms with E-state index >= 15 is 0 Å². The fourth-order valence-corrected chi connectivity index (χ4v) is 3.49. The van der Waals surface area contributed by atoms with Crippen LogP contribution in [0.1, 0.15) is 38.2 Å². The number of aliphatic hydroxyl groups excluding tert-OH is 1. The maximum Gasteiger partial charge on any atom is 0.223 e. The van der Waals surface area contributed by atoms with Gasteiger partial charge in [-0.05, 0) is 37.0 Å². The molecule has 3 rings (SSSR count). The summed E-state index contributed by atoms with van der Waals surface area (Å²) >= 11 is 3.53. The van der Waals surface area contributed by atoms with Gasteiger partial charge in [0.25, 0.3) is 0 Å². The molecule has 21 heavy (non-hydrogen) atoms. The summed E-state index contributed by atoms with van der Waals surface area (Å²) in [4.78, 5) is 9.06. The van der Waals surface area contributed by atoms with Crippen molar-refractivity contribution in [1.29, 1.82) is 0 Å². The number of anilines is 1. The molecule has 0 saturated heterocycles. The highest BCUT2D eigenvalue weighted by Gasteiger charge is 2.23. The minimum absolute atomic E-state index is 0.0664. The third-order valence-corrected chi connectivity index (χ3v) is 4.61. The summed E-state index contributed by atoms with van der Waals surface area (Å²) in [6, 6.07) is 4.21. The van der Waals surface area contributed by atoms with Crippen molar-refractivity contribution in [2.45, 2.75) is 51.2 Å². The number of benzene rings is 1. The zero-order valence-corrected chi connectivity index (χ0v) is 13.7. The molecule has 5 heteroatoms. The Morgan fingerprint density at radius 3 is 2.90 bits per heavy atom. The van der Waals surface area contributed by atoms with Crippen molar-refractivity contribution >= 4 is 32.8 Å². The number of nitrogens with one attached hydrogen (secondary N) is 1. The molecule has 0 spiro atoms. The first-order valence-corrected chi connectivity index (χ1v) is 8.36. The molecule has 0 radical (unpaired) electrons. The Morgan fingerprint density at radius 2 is 2.14 bits per heavy atom. The second kappa shape index (κ2) is 6.28. The summed E-state index contributed by atoms with van der Waals surface area (Å²) in [5.41, 5.74) is 2.19. The van der Waals surface area contributed by atoms with Crippen LogP contribution in [0.5, 0.6) is 0 Å². The highest BCUT2D eigenvalue weighted by Crippen LogP contribution is 2.25. The largest absolute Gasteiger partial charge is 0.391 e. The average molecular weight is 350 g/mol. The Bertz CT molecular complexity index is 647. The van der Waals surface area contributed by atoms with Crippen LogP contribution in [-0.2, 0) is 6.42 Å². The van der Waals surface area contributed by atoms with E-state index in [0.717, 1.165) is 47.5 Å². The van der Waals surface area contributed by atoms with Gasteiger partial charge in [0, 0.05) is 16.1 Å². The Hall–Kier alpha value is -1.20. The number of halogens is 1. The molecule has 2 atom stereocenters. The predicted molar refractivity (Wildman–Crippen MR) is 88.5 cm³/mol. The first-order chi connectivity index (χ1) is 10.2. The van der Waals surface area contributed by atoms with Crippen LogP contribution < -0.4 is 5.32 Å². The first kappa shape index (κ1) is 14.7. The van der Waals surface area contributed by atoms with Gasteiger partial charge in [-0.25, -0.2) is 9.97 Å². The maximum atomic E-state index is 10.1. The van der Waals surface area contributed by atoms with Crippen molar-refractivity contribution in [2.24, 2.45) is 0 Å². The van der Waals surface area contributed by atoms with Crippen LogP contribution in [0.4, 0.5) is 5.95 Å². The SMILES string of the molecule is CCc1cc(Br)cc2cnc(N[C@H]3CCCC[C@@H]3O)nc12. The van der Waals surface area contributed by atoms with E-state index in [9.17, 15) is 5.11 Å². The van der Waals surface area contributed by atoms with E-state index in [0.29, 0.717) is 5.95 Å². The predicted octanol–water partition coefficient (Wildman–Crippen LogP) is 3.67. The highest BCUT2D eigenvalue weighted by molar-refractivity contribution is 9.10. The fourth-order valence-electron chi connectivity index (χ4n) is 2.96. The molecule has 4 nitrogen and oxygen atoms in total. The third-order valence-electron chi connectivity index (χ3n) is 4.15. The van der Waals surface area contributed by atoms with Gasteiger partial charge in [0.1, 0.15) is 0 Å². The number of nitrogens with zero attached hydrogens (tertiary/aromatic N) is 2. The molecule has 0 aliphatic heterocycles. The van der Waals surface area contributed by atoms with Crippen LogP contribution in [-0.4, -0.2) is 27.2 Å². The molecule has 1 heterocycles. The smallest absolute Gasteiger partial charge is 0.223 e. The second-order valence-corrected chi connectivity index (χ2v) is 6.57. The summed E-state index contributed by atoms with van der Waals surface area (Å²) in [5, 5.41) is 14.4. The van der Waals surface area contributed by atoms with Crippen molar-refractivity contribution in [3.05, 3.63) is 28.4 Å². The van der Waals surface area contributed by atoms with E-state index in [-0.39, 0.29) is 12.1 Å². The lowest BCUT2D eigenvalue weighted by atomic mass is 9.93. The minimum Gasteiger partial charge on any atom is -0.391 e. The van der Waals surface area contributed by atoms with Crippen LogP contribution in [0.2, 0.25) is 0 Å². The standard InChI is InChI=1S/C16H20BrN3O/c1-2-10-7-12(17)8-11-9-18-16(20-15(10)11)19-13-5-3-4-6-14(13)21/h7-9,13-14,21H,2-6H2,1H3,(H,18,19,20)/t13-,14-/m0/s1. The molecule has 0 amide bonds. The molecular formula is C16H20BrN3O. The van der Waals surface area contributed by atoms with E-state index in [1.807, 2.05) is 12.3 Å². The van der Waals surface area contributed by atoms with E-state index in [1.165, 1.54) is 5.56 Å². The number of hydrogen-bond donors (Lipinski definition) is 2. The van der Waals surface area contributed by atoms with Crippen molar-refractivity contribution in [3.63, 3.8) is 0 Å². The Kier molecular flexibility index (Phi) is 4.40. The topological polar surface area (TPSA) is 58.0 Å². The van der Waals surface area contributed by atoms with Crippen LogP contribution in [0, 0.1) is 0 Å². The number of aliphatic hydroxyl groups is 1. The van der Waals surface area contributed by atoms with Crippen LogP contribution >= 0.6 is 15.9 Å². The molecule has 1 aliphatic rings. The van der Waals surface area contributed by atoms with Gasteiger partial charge in [0.15, 0.2) is 0 Å². The van der Waals surface area contributed by atoms with E-state index in [4.69, 9.17) is 0 Å². The first-order valence-electron chi connectivity index (χ1n) is 7.57. The number of hydrogen-bond acceptors (Lipinski definition) is 4. The fraction of sp³-hybridized carbons (Fsp3) is 0.500. The van der Waals surface area contributed by atoms with Crippen LogP contribution in [0.3, 0.4) is 0 Å². The van der Waals surface area contributed by atoms with Crippen molar-refractivity contribution in [3.8, 4) is 0 Å². The highest BCUT2D eigenvalue weighted by atomic mass is 79.9. The van der Waals surface area contributed by atoms with Crippen molar-refractivity contribution in [2.75, 3.05) is 5.32 Å². The van der Waals surface area contributed by atoms with Gasteiger partial charge in [0.2, 0.25) is 5.95 Å². The average Bonchev–Trinajstić information content (AvgIpc) is 2.49.